The van der Waals surface area contributed by atoms with Crippen molar-refractivity contribution in [3.63, 3.8) is 0 Å². The highest BCUT2D eigenvalue weighted by Crippen LogP contribution is 2.40. The number of ether oxygens (including phenoxy) is 1. The standard InChI is InChI=1S/C39H51N5O3/c1-42-21-23-43(24-22-42)36-20-15-32(26-35(36)41-38(45)37(30-12-6-7-13-30)29-10-4-3-5-11-29)31-14-8-9-28(25-31)27-44(39(46)47-2)34-18-16-33(40)17-19-34/h3-5,8-11,14-15,20,25-26,30,33-34,37H,6-7,12-13,16-19,21-24,27,40H2,1-2H3,(H,41,45). The van der Waals surface area contributed by atoms with Crippen LogP contribution in [0.25, 0.3) is 11.1 Å². The SMILES string of the molecule is COC(=O)N(Cc1cccc(-c2ccc(N3CCN(C)CC3)c(NC(=O)C(c3ccccc3)C3CCCC3)c2)c1)C1CCC(N)CC1. The Bertz CT molecular complexity index is 1490. The summed E-state index contributed by atoms with van der Waals surface area (Å²) in [5, 5.41) is 3.45. The van der Waals surface area contributed by atoms with Crippen molar-refractivity contribution >= 4 is 23.4 Å². The lowest BCUT2D eigenvalue weighted by Gasteiger charge is -2.35. The van der Waals surface area contributed by atoms with Crippen LogP contribution < -0.4 is 16.0 Å². The second-order valence-corrected chi connectivity index (χ2v) is 13.8. The number of benzene rings is 3. The van der Waals surface area contributed by atoms with E-state index >= 15 is 0 Å². The Kier molecular flexibility index (Phi) is 10.8. The summed E-state index contributed by atoms with van der Waals surface area (Å²) in [6, 6.07) is 25.5. The Hall–Kier alpha value is -3.88. The minimum absolute atomic E-state index is 0.0744. The molecule has 2 aliphatic carbocycles. The Morgan fingerprint density at radius 2 is 1.57 bits per heavy atom. The Morgan fingerprint density at radius 3 is 2.28 bits per heavy atom. The first-order valence-corrected chi connectivity index (χ1v) is 17.5. The lowest BCUT2D eigenvalue weighted by Crippen LogP contribution is -2.44. The Morgan fingerprint density at radius 1 is 0.872 bits per heavy atom. The number of anilines is 2. The number of carbonyl (C=O) groups is 2. The molecule has 3 aromatic rings. The first-order chi connectivity index (χ1) is 22.9. The molecule has 3 aromatic carbocycles. The van der Waals surface area contributed by atoms with Crippen LogP contribution in [0.15, 0.2) is 72.8 Å². The van der Waals surface area contributed by atoms with Gasteiger partial charge in [-0.1, -0.05) is 67.4 Å². The molecule has 1 aliphatic heterocycles. The van der Waals surface area contributed by atoms with Crippen molar-refractivity contribution < 1.29 is 14.3 Å². The van der Waals surface area contributed by atoms with Crippen LogP contribution in [-0.4, -0.2) is 74.2 Å². The van der Waals surface area contributed by atoms with Gasteiger partial charge in [-0.25, -0.2) is 4.79 Å². The number of methoxy groups -OCH3 is 1. The zero-order valence-electron chi connectivity index (χ0n) is 28.1. The molecule has 1 atom stereocenters. The molecular formula is C39H51N5O3. The van der Waals surface area contributed by atoms with Gasteiger partial charge in [0.2, 0.25) is 5.91 Å². The molecule has 0 radical (unpaired) electrons. The third-order valence-electron chi connectivity index (χ3n) is 10.6. The molecular weight excluding hydrogens is 586 g/mol. The predicted octanol–water partition coefficient (Wildman–Crippen LogP) is 6.86. The van der Waals surface area contributed by atoms with Crippen molar-refractivity contribution in [2.45, 2.75) is 75.9 Å². The molecule has 8 heteroatoms. The Balaban J connectivity index is 1.30. The van der Waals surface area contributed by atoms with Crippen molar-refractivity contribution in [2.24, 2.45) is 11.7 Å². The van der Waals surface area contributed by atoms with Gasteiger partial charge in [0.05, 0.1) is 24.4 Å². The normalized spacial score (nSPS) is 21.3. The second-order valence-electron chi connectivity index (χ2n) is 13.8. The number of piperazine rings is 1. The average Bonchev–Trinajstić information content (AvgIpc) is 3.63. The van der Waals surface area contributed by atoms with Gasteiger partial charge in [-0.15, -0.1) is 0 Å². The van der Waals surface area contributed by atoms with Crippen LogP contribution in [0.3, 0.4) is 0 Å². The van der Waals surface area contributed by atoms with Crippen molar-refractivity contribution in [1.29, 1.82) is 0 Å². The smallest absolute Gasteiger partial charge is 0.410 e. The number of hydrogen-bond acceptors (Lipinski definition) is 6. The largest absolute Gasteiger partial charge is 0.453 e. The third kappa shape index (κ3) is 7.99. The summed E-state index contributed by atoms with van der Waals surface area (Å²) in [6.07, 6.45) is 7.84. The molecule has 3 N–H and O–H groups in total. The van der Waals surface area contributed by atoms with Crippen molar-refractivity contribution in [2.75, 3.05) is 50.6 Å². The summed E-state index contributed by atoms with van der Waals surface area (Å²) >= 11 is 0. The monoisotopic (exact) mass is 637 g/mol. The van der Waals surface area contributed by atoms with E-state index in [4.69, 9.17) is 10.5 Å². The van der Waals surface area contributed by atoms with E-state index < -0.39 is 0 Å². The molecule has 8 nitrogen and oxygen atoms in total. The molecule has 2 amide bonds. The van der Waals surface area contributed by atoms with E-state index in [1.165, 1.54) is 20.0 Å². The highest BCUT2D eigenvalue weighted by Gasteiger charge is 2.33. The molecule has 47 heavy (non-hydrogen) atoms. The first kappa shape index (κ1) is 33.0. The van der Waals surface area contributed by atoms with Gasteiger partial charge < -0.3 is 30.5 Å². The van der Waals surface area contributed by atoms with Crippen LogP contribution in [0.2, 0.25) is 0 Å². The fraction of sp³-hybridized carbons (Fsp3) is 0.487. The summed E-state index contributed by atoms with van der Waals surface area (Å²) in [4.78, 5) is 33.8. The highest BCUT2D eigenvalue weighted by atomic mass is 16.5. The lowest BCUT2D eigenvalue weighted by molar-refractivity contribution is -0.118. The fourth-order valence-electron chi connectivity index (χ4n) is 7.86. The molecule has 6 rings (SSSR count). The molecule has 250 valence electrons. The van der Waals surface area contributed by atoms with E-state index in [0.717, 1.165) is 98.3 Å². The molecule has 0 spiro atoms. The number of nitrogens with one attached hydrogen (secondary N) is 1. The number of likely N-dealkylation sites (N-methyl/N-ethyl adjacent to an activating group) is 1. The molecule has 1 saturated heterocycles. The number of rotatable bonds is 9. The summed E-state index contributed by atoms with van der Waals surface area (Å²) in [5.41, 5.74) is 12.3. The van der Waals surface area contributed by atoms with Crippen LogP contribution >= 0.6 is 0 Å². The van der Waals surface area contributed by atoms with Gasteiger partial charge in [0.1, 0.15) is 0 Å². The number of nitrogens with two attached hydrogens (primary N) is 1. The van der Waals surface area contributed by atoms with Crippen LogP contribution in [0.1, 0.15) is 68.4 Å². The number of hydrogen-bond donors (Lipinski definition) is 2. The van der Waals surface area contributed by atoms with Gasteiger partial charge in [-0.2, -0.15) is 0 Å². The average molecular weight is 638 g/mol. The number of nitrogens with zero attached hydrogens (tertiary/aromatic N) is 3. The summed E-state index contributed by atoms with van der Waals surface area (Å²) in [5.74, 6) is 0.247. The fourth-order valence-corrected chi connectivity index (χ4v) is 7.86. The Labute approximate surface area is 280 Å². The minimum atomic E-state index is -0.298. The van der Waals surface area contributed by atoms with Crippen LogP contribution in [0.4, 0.5) is 16.2 Å². The van der Waals surface area contributed by atoms with Crippen LogP contribution in [-0.2, 0) is 16.1 Å². The van der Waals surface area contributed by atoms with Crippen molar-refractivity contribution in [1.82, 2.24) is 9.80 Å². The van der Waals surface area contributed by atoms with Gasteiger partial charge in [0.25, 0.3) is 0 Å². The van der Waals surface area contributed by atoms with Crippen LogP contribution in [0.5, 0.6) is 0 Å². The number of amides is 2. The van der Waals surface area contributed by atoms with Gasteiger partial charge >= 0.3 is 6.09 Å². The molecule has 0 aromatic heterocycles. The molecule has 3 fully saturated rings. The highest BCUT2D eigenvalue weighted by molar-refractivity contribution is 5.99. The maximum absolute atomic E-state index is 14.3. The van der Waals surface area contributed by atoms with Gasteiger partial charge in [0, 0.05) is 44.8 Å². The van der Waals surface area contributed by atoms with Gasteiger partial charge in [-0.3, -0.25) is 4.79 Å². The molecule has 1 heterocycles. The molecule has 2 saturated carbocycles. The van der Waals surface area contributed by atoms with Gasteiger partial charge in [0.15, 0.2) is 0 Å². The summed E-state index contributed by atoms with van der Waals surface area (Å²) in [7, 11) is 3.61. The summed E-state index contributed by atoms with van der Waals surface area (Å²) in [6.45, 7) is 4.26. The van der Waals surface area contributed by atoms with Crippen LogP contribution in [0, 0.1) is 5.92 Å². The van der Waals surface area contributed by atoms with Crippen molar-refractivity contribution in [3.8, 4) is 11.1 Å². The second kappa shape index (κ2) is 15.3. The third-order valence-corrected chi connectivity index (χ3v) is 10.6. The minimum Gasteiger partial charge on any atom is -0.453 e. The zero-order valence-corrected chi connectivity index (χ0v) is 28.1. The molecule has 0 bridgehead atoms. The maximum atomic E-state index is 14.3. The van der Waals surface area contributed by atoms with E-state index in [1.54, 1.807) is 0 Å². The van der Waals surface area contributed by atoms with E-state index in [-0.39, 0.29) is 30.0 Å². The first-order valence-electron chi connectivity index (χ1n) is 17.5. The predicted molar refractivity (Wildman–Crippen MR) is 190 cm³/mol. The van der Waals surface area contributed by atoms with E-state index in [9.17, 15) is 9.59 Å². The number of carbonyl (C=O) groups excluding carboxylic acids is 2. The van der Waals surface area contributed by atoms with Crippen molar-refractivity contribution in [3.05, 3.63) is 83.9 Å². The maximum Gasteiger partial charge on any atom is 0.410 e. The van der Waals surface area contributed by atoms with Gasteiger partial charge in [-0.05, 0) is 91.9 Å². The molecule has 1 unspecified atom stereocenters. The zero-order chi connectivity index (χ0) is 32.8. The van der Waals surface area contributed by atoms with E-state index in [0.29, 0.717) is 12.5 Å². The van der Waals surface area contributed by atoms with E-state index in [1.807, 2.05) is 23.1 Å². The molecule has 3 aliphatic rings. The summed E-state index contributed by atoms with van der Waals surface area (Å²) < 4.78 is 5.21. The van der Waals surface area contributed by atoms with E-state index in [2.05, 4.69) is 76.8 Å². The topological polar surface area (TPSA) is 91.1 Å². The lowest BCUT2D eigenvalue weighted by atomic mass is 9.84. The quantitative estimate of drug-likeness (QED) is 0.267.